The Morgan fingerprint density at radius 1 is 1.28 bits per heavy atom. The fraction of sp³-hybridized carbons (Fsp3) is 0.500. The van der Waals surface area contributed by atoms with Gasteiger partial charge in [0.05, 0.1) is 0 Å². The van der Waals surface area contributed by atoms with E-state index in [1.54, 1.807) is 12.4 Å². The lowest BCUT2D eigenvalue weighted by Crippen LogP contribution is -2.44. The highest BCUT2D eigenvalue weighted by atomic mass is 16.5. The summed E-state index contributed by atoms with van der Waals surface area (Å²) < 4.78 is 5.30. The van der Waals surface area contributed by atoms with Gasteiger partial charge in [-0.3, -0.25) is 0 Å². The summed E-state index contributed by atoms with van der Waals surface area (Å²) in [6, 6.07) is 0. The molecule has 1 atom stereocenters. The van der Waals surface area contributed by atoms with E-state index in [-0.39, 0.29) is 5.92 Å². The van der Waals surface area contributed by atoms with Crippen molar-refractivity contribution in [2.75, 3.05) is 13.1 Å². The monoisotopic (exact) mass is 245 g/mol. The number of hydrogen-bond donors (Lipinski definition) is 1. The molecular weight excluding hydrogens is 230 g/mol. The van der Waals surface area contributed by atoms with E-state index in [0.717, 1.165) is 18.7 Å². The van der Waals surface area contributed by atoms with Gasteiger partial charge in [-0.25, -0.2) is 9.97 Å². The Bertz CT molecular complexity index is 532. The van der Waals surface area contributed by atoms with Crippen LogP contribution in [0.2, 0.25) is 0 Å². The van der Waals surface area contributed by atoms with Crippen molar-refractivity contribution in [1.82, 2.24) is 25.4 Å². The number of rotatable bonds is 3. The molecule has 18 heavy (non-hydrogen) atoms. The summed E-state index contributed by atoms with van der Waals surface area (Å²) in [7, 11) is 0. The molecule has 6 heteroatoms. The van der Waals surface area contributed by atoms with Gasteiger partial charge in [0.2, 0.25) is 17.5 Å². The van der Waals surface area contributed by atoms with E-state index in [0.29, 0.717) is 23.5 Å². The number of aromatic nitrogens is 4. The maximum absolute atomic E-state index is 5.30. The summed E-state index contributed by atoms with van der Waals surface area (Å²) in [6.07, 6.45) is 3.50. The van der Waals surface area contributed by atoms with Crippen molar-refractivity contribution >= 4 is 0 Å². The second-order valence-corrected chi connectivity index (χ2v) is 4.75. The van der Waals surface area contributed by atoms with Gasteiger partial charge in [0.1, 0.15) is 0 Å². The van der Waals surface area contributed by atoms with Crippen LogP contribution in [-0.2, 0) is 0 Å². The van der Waals surface area contributed by atoms with Gasteiger partial charge in [-0.1, -0.05) is 12.1 Å². The van der Waals surface area contributed by atoms with Gasteiger partial charge in [0, 0.05) is 18.3 Å². The van der Waals surface area contributed by atoms with E-state index in [1.807, 2.05) is 6.92 Å². The molecule has 1 N–H and O–H groups in total. The first kappa shape index (κ1) is 11.3. The van der Waals surface area contributed by atoms with E-state index in [4.69, 9.17) is 4.52 Å². The summed E-state index contributed by atoms with van der Waals surface area (Å²) in [6.45, 7) is 6.08. The number of aryl methyl sites for hydroxylation is 1. The van der Waals surface area contributed by atoms with Gasteiger partial charge in [0.15, 0.2) is 0 Å². The molecule has 0 aliphatic carbocycles. The average Bonchev–Trinajstić information content (AvgIpc) is 2.77. The van der Waals surface area contributed by atoms with E-state index in [1.165, 1.54) is 0 Å². The van der Waals surface area contributed by atoms with Crippen molar-refractivity contribution in [1.29, 1.82) is 0 Å². The minimum absolute atomic E-state index is 0.276. The fourth-order valence-corrected chi connectivity index (χ4v) is 1.89. The van der Waals surface area contributed by atoms with E-state index < -0.39 is 0 Å². The first-order chi connectivity index (χ1) is 8.74. The van der Waals surface area contributed by atoms with Gasteiger partial charge in [-0.05, 0) is 31.5 Å². The van der Waals surface area contributed by atoms with Crippen molar-refractivity contribution in [3.05, 3.63) is 23.8 Å². The van der Waals surface area contributed by atoms with Crippen LogP contribution in [0.3, 0.4) is 0 Å². The summed E-state index contributed by atoms with van der Waals surface area (Å²) in [5, 5.41) is 7.19. The Labute approximate surface area is 105 Å². The minimum atomic E-state index is 0.276. The molecular formula is C12H15N5O. The van der Waals surface area contributed by atoms with E-state index >= 15 is 0 Å². The molecule has 0 amide bonds. The Hall–Kier alpha value is -1.82. The Balaban J connectivity index is 1.82. The third-order valence-corrected chi connectivity index (χ3v) is 3.33. The third kappa shape index (κ3) is 1.99. The number of nitrogens with one attached hydrogen (secondary N) is 1. The molecule has 3 rings (SSSR count). The van der Waals surface area contributed by atoms with Crippen molar-refractivity contribution in [3.8, 4) is 11.6 Å². The predicted molar refractivity (Wildman–Crippen MR) is 64.8 cm³/mol. The lowest BCUT2D eigenvalue weighted by molar-refractivity contribution is 0.252. The van der Waals surface area contributed by atoms with Crippen molar-refractivity contribution in [2.45, 2.75) is 19.8 Å². The molecule has 1 fully saturated rings. The smallest absolute Gasteiger partial charge is 0.240 e. The first-order valence-corrected chi connectivity index (χ1v) is 6.07. The third-order valence-electron chi connectivity index (χ3n) is 3.33. The van der Waals surface area contributed by atoms with Gasteiger partial charge in [0.25, 0.3) is 0 Å². The molecule has 1 unspecified atom stereocenters. The Morgan fingerprint density at radius 3 is 2.61 bits per heavy atom. The number of nitrogens with zero attached hydrogens (tertiary/aromatic N) is 4. The van der Waals surface area contributed by atoms with Crippen molar-refractivity contribution < 1.29 is 4.52 Å². The van der Waals surface area contributed by atoms with Gasteiger partial charge in [-0.15, -0.1) is 0 Å². The van der Waals surface area contributed by atoms with Crippen LogP contribution in [0.15, 0.2) is 16.9 Å². The summed E-state index contributed by atoms with van der Waals surface area (Å²) >= 11 is 0. The SMILES string of the molecule is Cc1cnc(-c2noc(C(C)C3CNC3)n2)nc1. The lowest BCUT2D eigenvalue weighted by atomic mass is 9.89. The predicted octanol–water partition coefficient (Wildman–Crippen LogP) is 1.16. The van der Waals surface area contributed by atoms with Gasteiger partial charge in [-0.2, -0.15) is 4.98 Å². The zero-order chi connectivity index (χ0) is 12.5. The van der Waals surface area contributed by atoms with Crippen LogP contribution in [0, 0.1) is 12.8 Å². The average molecular weight is 245 g/mol. The normalized spacial score (nSPS) is 17.4. The first-order valence-electron chi connectivity index (χ1n) is 6.07. The van der Waals surface area contributed by atoms with E-state index in [2.05, 4.69) is 32.3 Å². The number of hydrogen-bond acceptors (Lipinski definition) is 6. The fourth-order valence-electron chi connectivity index (χ4n) is 1.89. The zero-order valence-corrected chi connectivity index (χ0v) is 10.4. The Morgan fingerprint density at radius 2 is 2.00 bits per heavy atom. The molecule has 0 spiro atoms. The van der Waals surface area contributed by atoms with Gasteiger partial charge < -0.3 is 9.84 Å². The topological polar surface area (TPSA) is 76.7 Å². The van der Waals surface area contributed by atoms with E-state index in [9.17, 15) is 0 Å². The zero-order valence-electron chi connectivity index (χ0n) is 10.4. The summed E-state index contributed by atoms with van der Waals surface area (Å²) in [4.78, 5) is 12.8. The highest BCUT2D eigenvalue weighted by molar-refractivity contribution is 5.41. The largest absolute Gasteiger partial charge is 0.339 e. The molecule has 1 saturated heterocycles. The minimum Gasteiger partial charge on any atom is -0.339 e. The molecule has 0 aromatic carbocycles. The van der Waals surface area contributed by atoms with Crippen molar-refractivity contribution in [3.63, 3.8) is 0 Å². The molecule has 6 nitrogen and oxygen atoms in total. The summed E-state index contributed by atoms with van der Waals surface area (Å²) in [5.74, 6) is 2.49. The summed E-state index contributed by atoms with van der Waals surface area (Å²) in [5.41, 5.74) is 1.01. The van der Waals surface area contributed by atoms with Crippen LogP contribution in [0.25, 0.3) is 11.6 Å². The van der Waals surface area contributed by atoms with Crippen LogP contribution in [0.1, 0.15) is 24.3 Å². The highest BCUT2D eigenvalue weighted by Crippen LogP contribution is 2.26. The molecule has 1 aliphatic heterocycles. The maximum atomic E-state index is 5.30. The molecule has 2 aromatic rings. The van der Waals surface area contributed by atoms with Crippen LogP contribution >= 0.6 is 0 Å². The quantitative estimate of drug-likeness (QED) is 0.874. The second kappa shape index (κ2) is 4.45. The van der Waals surface area contributed by atoms with Gasteiger partial charge >= 0.3 is 0 Å². The molecule has 0 radical (unpaired) electrons. The van der Waals surface area contributed by atoms with Crippen LogP contribution in [0.4, 0.5) is 0 Å². The maximum Gasteiger partial charge on any atom is 0.240 e. The van der Waals surface area contributed by atoms with Crippen LogP contribution < -0.4 is 5.32 Å². The molecule has 0 saturated carbocycles. The lowest BCUT2D eigenvalue weighted by Gasteiger charge is -2.30. The van der Waals surface area contributed by atoms with Crippen molar-refractivity contribution in [2.24, 2.45) is 5.92 Å². The molecule has 3 heterocycles. The second-order valence-electron chi connectivity index (χ2n) is 4.75. The van der Waals surface area contributed by atoms with Crippen LogP contribution in [0.5, 0.6) is 0 Å². The Kier molecular flexibility index (Phi) is 2.79. The molecule has 94 valence electrons. The molecule has 0 bridgehead atoms. The highest BCUT2D eigenvalue weighted by Gasteiger charge is 2.29. The molecule has 2 aromatic heterocycles. The standard InChI is InChI=1S/C12H15N5O/c1-7-3-14-10(15-4-7)11-16-12(18-17-11)8(2)9-5-13-6-9/h3-4,8-9,13H,5-6H2,1-2H3. The van der Waals surface area contributed by atoms with Crippen LogP contribution in [-0.4, -0.2) is 33.2 Å². The molecule has 1 aliphatic rings.